The molecule has 0 amide bonds. The van der Waals surface area contributed by atoms with Crippen molar-refractivity contribution in [1.82, 2.24) is 19.5 Å². The van der Waals surface area contributed by atoms with Gasteiger partial charge in [-0.2, -0.15) is 0 Å². The summed E-state index contributed by atoms with van der Waals surface area (Å²) in [5, 5.41) is 28.7. The molecule has 0 bridgehead atoms. The molecule has 0 saturated carbocycles. The molecule has 2 aromatic rings. The zero-order valence-electron chi connectivity index (χ0n) is 27.9. The predicted molar refractivity (Wildman–Crippen MR) is 168 cm³/mol. The number of nitrogens with zero attached hydrogens (tertiary/aromatic N) is 4. The fraction of sp³-hybridized carbons (Fsp3) is 0.654. The van der Waals surface area contributed by atoms with Crippen LogP contribution in [-0.2, 0) is 51.1 Å². The van der Waals surface area contributed by atoms with Gasteiger partial charge in [0.2, 0.25) is 0 Å². The van der Waals surface area contributed by atoms with Crippen LogP contribution in [0, 0.1) is 0 Å². The number of fused-ring (bicyclic) bond motifs is 1. The van der Waals surface area contributed by atoms with E-state index in [0.29, 0.717) is 36.8 Å². The van der Waals surface area contributed by atoms with Crippen molar-refractivity contribution in [2.75, 3.05) is 12.3 Å². The van der Waals surface area contributed by atoms with Crippen molar-refractivity contribution >= 4 is 94.2 Å². The predicted octanol–water partition coefficient (Wildman–Crippen LogP) is -0.0780. The van der Waals surface area contributed by atoms with Crippen LogP contribution >= 0.6 is 15.6 Å². The number of aliphatic hydroxyl groups is 3. The first-order chi connectivity index (χ1) is 22.9. The van der Waals surface area contributed by atoms with E-state index in [2.05, 4.69) is 33.0 Å². The number of hydrogen-bond acceptors (Lipinski definition) is 20. The Kier molecular flexibility index (Phi) is 22.2. The van der Waals surface area contributed by atoms with Gasteiger partial charge >= 0.3 is 77.3 Å². The molecule has 2 aromatic heterocycles. The average molecular weight is 782 g/mol. The van der Waals surface area contributed by atoms with E-state index in [4.69, 9.17) is 15.6 Å². The van der Waals surface area contributed by atoms with Crippen LogP contribution in [0.3, 0.4) is 0 Å². The molecule has 0 aliphatic carbocycles. The Bertz CT molecular complexity index is 1390. The van der Waals surface area contributed by atoms with Crippen LogP contribution in [0.4, 0.5) is 5.82 Å². The molecule has 50 heavy (non-hydrogen) atoms. The standard InChI is InChI=1S/C10H13N5O4.2C8H15O6P.Ca/c11-8-5-9(13-2-12-8)15(3-14-5)10-7(18)6(17)4(1-16)19-10;2*1-3-5-7(9)13-15(11,12)14-8(10)6-4-2;/h2-4,6-7,10,16-18H,1H2,(H2,11,12,13);2*3-6H2,1-2H3,(H,11,12);/q;;;+2/p-2/t4-,6-,7-,10-;;;/m1.../s1. The number of aliphatic hydroxyl groups excluding tert-OH is 3. The van der Waals surface area contributed by atoms with E-state index < -0.39 is 70.7 Å². The van der Waals surface area contributed by atoms with Crippen LogP contribution in [0.5, 0.6) is 0 Å². The largest absolute Gasteiger partial charge is 2.00 e. The summed E-state index contributed by atoms with van der Waals surface area (Å²) in [5.41, 5.74) is 6.44. The molecule has 1 saturated heterocycles. The van der Waals surface area contributed by atoms with E-state index in [1.165, 1.54) is 17.2 Å². The normalized spacial score (nSPS) is 18.3. The number of nitrogens with two attached hydrogens (primary N) is 1. The van der Waals surface area contributed by atoms with Gasteiger partial charge in [0.15, 0.2) is 17.7 Å². The Morgan fingerprint density at radius 3 is 1.54 bits per heavy atom. The van der Waals surface area contributed by atoms with Gasteiger partial charge < -0.3 is 53.7 Å². The third kappa shape index (κ3) is 16.4. The molecule has 21 nitrogen and oxygen atoms in total. The van der Waals surface area contributed by atoms with Crippen molar-refractivity contribution in [2.24, 2.45) is 0 Å². The molecule has 4 atom stereocenters. The molecule has 0 aromatic carbocycles. The fourth-order valence-electron chi connectivity index (χ4n) is 3.70. The number of phosphoric acid groups is 2. The van der Waals surface area contributed by atoms with E-state index in [1.54, 1.807) is 27.7 Å². The number of anilines is 1. The summed E-state index contributed by atoms with van der Waals surface area (Å²) in [6.45, 7) is 6.39. The summed E-state index contributed by atoms with van der Waals surface area (Å²) in [5.74, 6) is -3.45. The molecular formula is C26H41CaN5O16P2. The topological polar surface area (TPSA) is 325 Å². The van der Waals surface area contributed by atoms with Crippen molar-refractivity contribution in [2.45, 2.75) is 104 Å². The maximum absolute atomic E-state index is 10.9. The second-order valence-electron chi connectivity index (χ2n) is 10.1. The van der Waals surface area contributed by atoms with Gasteiger partial charge in [-0.05, 0) is 25.7 Å². The SMILES string of the molecule is CCCC(=O)OP(=O)([O-])OC(=O)CCC.CCCC(=O)OP(=O)([O-])OC(=O)CCC.Nc1ncnc2c1ncn2[C@@H]1O[C@H](CO)[C@@H](O)[C@H]1O.[Ca+2]. The van der Waals surface area contributed by atoms with Crippen molar-refractivity contribution < 1.29 is 76.2 Å². The Morgan fingerprint density at radius 1 is 0.800 bits per heavy atom. The summed E-state index contributed by atoms with van der Waals surface area (Å²) >= 11 is 0. The second-order valence-corrected chi connectivity index (χ2v) is 12.6. The molecule has 5 N–H and O–H groups in total. The van der Waals surface area contributed by atoms with Crippen LogP contribution in [0.1, 0.15) is 85.3 Å². The molecule has 24 heteroatoms. The van der Waals surface area contributed by atoms with Gasteiger partial charge in [0, 0.05) is 25.7 Å². The minimum atomic E-state index is -4.81. The summed E-state index contributed by atoms with van der Waals surface area (Å²) in [7, 11) is -9.63. The molecule has 1 aliphatic rings. The first kappa shape index (κ1) is 47.7. The van der Waals surface area contributed by atoms with Crippen LogP contribution in [0.15, 0.2) is 12.7 Å². The molecule has 0 unspecified atom stereocenters. The second kappa shape index (κ2) is 23.3. The third-order valence-corrected chi connectivity index (χ3v) is 7.56. The first-order valence-electron chi connectivity index (χ1n) is 15.0. The number of hydrogen-bond donors (Lipinski definition) is 4. The minimum absolute atomic E-state index is 0. The zero-order chi connectivity index (χ0) is 37.4. The zero-order valence-corrected chi connectivity index (χ0v) is 31.9. The Hall–Kier alpha value is -2.29. The van der Waals surface area contributed by atoms with Gasteiger partial charge in [-0.1, -0.05) is 27.7 Å². The van der Waals surface area contributed by atoms with Crippen molar-refractivity contribution in [3.63, 3.8) is 0 Å². The quantitative estimate of drug-likeness (QED) is 0.144. The van der Waals surface area contributed by atoms with Crippen molar-refractivity contribution in [3.05, 3.63) is 12.7 Å². The van der Waals surface area contributed by atoms with E-state index in [-0.39, 0.29) is 69.2 Å². The molecule has 278 valence electrons. The number of aromatic nitrogens is 4. The Labute approximate surface area is 317 Å². The number of carbonyl (C=O) groups excluding carboxylic acids is 4. The monoisotopic (exact) mass is 781 g/mol. The van der Waals surface area contributed by atoms with Gasteiger partial charge in [0.1, 0.15) is 30.2 Å². The van der Waals surface area contributed by atoms with Gasteiger partial charge in [-0.15, -0.1) is 0 Å². The van der Waals surface area contributed by atoms with E-state index in [9.17, 15) is 48.3 Å². The van der Waals surface area contributed by atoms with Gasteiger partial charge in [-0.25, -0.2) is 24.1 Å². The van der Waals surface area contributed by atoms with Crippen LogP contribution in [-0.4, -0.2) is 121 Å². The minimum Gasteiger partial charge on any atom is -0.736 e. The maximum Gasteiger partial charge on any atom is 2.00 e. The first-order valence-corrected chi connectivity index (χ1v) is 17.9. The van der Waals surface area contributed by atoms with E-state index in [1.807, 2.05) is 0 Å². The van der Waals surface area contributed by atoms with Crippen LogP contribution in [0.2, 0.25) is 0 Å². The fourth-order valence-corrected chi connectivity index (χ4v) is 5.14. The number of ether oxygens (including phenoxy) is 1. The van der Waals surface area contributed by atoms with E-state index >= 15 is 0 Å². The average Bonchev–Trinajstić information content (AvgIpc) is 3.54. The maximum atomic E-state index is 10.9. The Morgan fingerprint density at radius 2 is 1.20 bits per heavy atom. The Balaban J connectivity index is 0.000000724. The van der Waals surface area contributed by atoms with Gasteiger partial charge in [0.05, 0.1) is 12.9 Å². The summed E-state index contributed by atoms with van der Waals surface area (Å²) in [6.07, 6.45) is 0.296. The molecule has 1 fully saturated rings. The molecular weight excluding hydrogens is 740 g/mol. The van der Waals surface area contributed by atoms with Crippen LogP contribution in [0.25, 0.3) is 11.2 Å². The van der Waals surface area contributed by atoms with Crippen LogP contribution < -0.4 is 15.5 Å². The smallest absolute Gasteiger partial charge is 0.736 e. The molecule has 0 spiro atoms. The third-order valence-electron chi connectivity index (χ3n) is 5.85. The molecule has 3 heterocycles. The summed E-state index contributed by atoms with van der Waals surface area (Å²) in [4.78, 5) is 77.0. The molecule has 3 rings (SSSR count). The summed E-state index contributed by atoms with van der Waals surface area (Å²) in [6, 6.07) is 0. The number of rotatable bonds is 14. The number of phosphoric ester groups is 2. The van der Waals surface area contributed by atoms with E-state index in [0.717, 1.165) is 0 Å². The molecule has 1 aliphatic heterocycles. The number of nitrogen functional groups attached to an aromatic ring is 1. The van der Waals surface area contributed by atoms with Crippen molar-refractivity contribution in [3.8, 4) is 0 Å². The van der Waals surface area contributed by atoms with Crippen molar-refractivity contribution in [1.29, 1.82) is 0 Å². The van der Waals surface area contributed by atoms with Gasteiger partial charge in [0.25, 0.3) is 0 Å². The van der Waals surface area contributed by atoms with Gasteiger partial charge in [-0.3, -0.25) is 23.7 Å². The number of imidazole rings is 1. The molecule has 0 radical (unpaired) electrons. The number of carbonyl (C=O) groups is 4. The summed E-state index contributed by atoms with van der Waals surface area (Å²) < 4.78 is 44.8.